The molecular weight excluding hydrogens is 262 g/mol. The smallest absolute Gasteiger partial charge is 0.317 e. The van der Waals surface area contributed by atoms with Crippen molar-refractivity contribution >= 4 is 17.4 Å². The molecular formula is C13H23N3O2S. The summed E-state index contributed by atoms with van der Waals surface area (Å²) in [6, 6.07) is -0.166. The number of aliphatic hydroxyl groups is 1. The number of hydrogen-bond donors (Lipinski definition) is 2. The third kappa shape index (κ3) is 5.16. The van der Waals surface area contributed by atoms with Crippen molar-refractivity contribution in [1.29, 1.82) is 0 Å². The Kier molecular flexibility index (Phi) is 6.24. The van der Waals surface area contributed by atoms with Gasteiger partial charge >= 0.3 is 6.03 Å². The van der Waals surface area contributed by atoms with Crippen molar-refractivity contribution in [3.63, 3.8) is 0 Å². The van der Waals surface area contributed by atoms with Gasteiger partial charge in [-0.25, -0.2) is 9.78 Å². The van der Waals surface area contributed by atoms with E-state index in [0.29, 0.717) is 13.0 Å². The SMILES string of the molecule is CCC(NC(=O)N(C)CCC(C)O)c1nc(C)cs1. The maximum atomic E-state index is 12.0. The maximum Gasteiger partial charge on any atom is 0.317 e. The molecule has 1 heterocycles. The maximum absolute atomic E-state index is 12.0. The van der Waals surface area contributed by atoms with Crippen LogP contribution in [0.4, 0.5) is 4.79 Å². The van der Waals surface area contributed by atoms with Crippen LogP contribution in [-0.2, 0) is 0 Å². The number of thiazole rings is 1. The minimum atomic E-state index is -0.390. The van der Waals surface area contributed by atoms with Gasteiger partial charge in [0.1, 0.15) is 5.01 Å². The van der Waals surface area contributed by atoms with Gasteiger partial charge in [0.2, 0.25) is 0 Å². The first kappa shape index (κ1) is 15.9. The zero-order valence-electron chi connectivity index (χ0n) is 12.0. The largest absolute Gasteiger partial charge is 0.393 e. The molecule has 0 fully saturated rings. The summed E-state index contributed by atoms with van der Waals surface area (Å²) < 4.78 is 0. The van der Waals surface area contributed by atoms with Crippen molar-refractivity contribution in [3.05, 3.63) is 16.1 Å². The van der Waals surface area contributed by atoms with E-state index in [9.17, 15) is 9.90 Å². The van der Waals surface area contributed by atoms with Crippen LogP contribution in [0.15, 0.2) is 5.38 Å². The van der Waals surface area contributed by atoms with Gasteiger partial charge in [-0.3, -0.25) is 0 Å². The number of amides is 2. The first-order chi connectivity index (χ1) is 8.93. The van der Waals surface area contributed by atoms with E-state index in [1.807, 2.05) is 19.2 Å². The highest BCUT2D eigenvalue weighted by Gasteiger charge is 2.18. The Morgan fingerprint density at radius 2 is 2.32 bits per heavy atom. The van der Waals surface area contributed by atoms with Crippen molar-refractivity contribution < 1.29 is 9.90 Å². The molecule has 0 aromatic carbocycles. The van der Waals surface area contributed by atoms with Crippen LogP contribution in [0, 0.1) is 6.92 Å². The Labute approximate surface area is 118 Å². The zero-order chi connectivity index (χ0) is 14.4. The summed E-state index contributed by atoms with van der Waals surface area (Å²) in [5.41, 5.74) is 0.982. The minimum absolute atomic E-state index is 0.0415. The highest BCUT2D eigenvalue weighted by Crippen LogP contribution is 2.20. The fourth-order valence-corrected chi connectivity index (χ4v) is 2.54. The Balaban J connectivity index is 2.53. The molecule has 2 amide bonds. The van der Waals surface area contributed by atoms with Crippen molar-refractivity contribution in [1.82, 2.24) is 15.2 Å². The summed E-state index contributed by atoms with van der Waals surface area (Å²) in [6.07, 6.45) is 0.999. The zero-order valence-corrected chi connectivity index (χ0v) is 12.8. The van der Waals surface area contributed by atoms with Gasteiger partial charge in [-0.2, -0.15) is 0 Å². The lowest BCUT2D eigenvalue weighted by Crippen LogP contribution is -2.40. The number of nitrogens with zero attached hydrogens (tertiary/aromatic N) is 2. The molecule has 0 aliphatic heterocycles. The first-order valence-corrected chi connectivity index (χ1v) is 7.43. The summed E-state index contributed by atoms with van der Waals surface area (Å²) in [5.74, 6) is 0. The molecule has 0 bridgehead atoms. The van der Waals surface area contributed by atoms with Gasteiger partial charge in [0.15, 0.2) is 0 Å². The third-order valence-electron chi connectivity index (χ3n) is 2.87. The fraction of sp³-hybridized carbons (Fsp3) is 0.692. The number of hydrogen-bond acceptors (Lipinski definition) is 4. The van der Waals surface area contributed by atoms with Gasteiger partial charge < -0.3 is 15.3 Å². The van der Waals surface area contributed by atoms with Crippen LogP contribution in [0.3, 0.4) is 0 Å². The van der Waals surface area contributed by atoms with Crippen molar-refractivity contribution in [2.24, 2.45) is 0 Å². The van der Waals surface area contributed by atoms with E-state index in [2.05, 4.69) is 10.3 Å². The van der Waals surface area contributed by atoms with E-state index in [0.717, 1.165) is 17.1 Å². The molecule has 0 aliphatic carbocycles. The number of aryl methyl sites for hydroxylation is 1. The van der Waals surface area contributed by atoms with E-state index in [1.54, 1.807) is 30.2 Å². The van der Waals surface area contributed by atoms with E-state index in [4.69, 9.17) is 0 Å². The van der Waals surface area contributed by atoms with Crippen LogP contribution in [-0.4, -0.2) is 40.7 Å². The molecule has 0 saturated heterocycles. The Hall–Kier alpha value is -1.14. The van der Waals surface area contributed by atoms with Crippen molar-refractivity contribution in [2.45, 2.75) is 45.8 Å². The molecule has 2 unspecified atom stereocenters. The van der Waals surface area contributed by atoms with Crippen LogP contribution in [0.2, 0.25) is 0 Å². The number of carbonyl (C=O) groups excluding carboxylic acids is 1. The Bertz CT molecular complexity index is 406. The van der Waals surface area contributed by atoms with Gasteiger partial charge in [-0.05, 0) is 26.7 Å². The predicted octanol–water partition coefficient (Wildman–Crippen LogP) is 2.31. The summed E-state index contributed by atoms with van der Waals surface area (Å²) in [5, 5.41) is 15.1. The third-order valence-corrected chi connectivity index (χ3v) is 3.95. The van der Waals surface area contributed by atoms with Crippen LogP contribution in [0.25, 0.3) is 0 Å². The summed E-state index contributed by atoms with van der Waals surface area (Å²) in [4.78, 5) is 18.0. The van der Waals surface area contributed by atoms with Gasteiger partial charge in [-0.15, -0.1) is 11.3 Å². The van der Waals surface area contributed by atoms with Gasteiger partial charge in [-0.1, -0.05) is 6.92 Å². The summed E-state index contributed by atoms with van der Waals surface area (Å²) in [6.45, 7) is 6.23. The van der Waals surface area contributed by atoms with E-state index >= 15 is 0 Å². The van der Waals surface area contributed by atoms with Gasteiger partial charge in [0.05, 0.1) is 12.1 Å². The molecule has 1 rings (SSSR count). The number of aromatic nitrogens is 1. The topological polar surface area (TPSA) is 65.5 Å². The molecule has 6 heteroatoms. The van der Waals surface area contributed by atoms with Crippen molar-refractivity contribution in [2.75, 3.05) is 13.6 Å². The molecule has 108 valence electrons. The number of nitrogens with one attached hydrogen (secondary N) is 1. The summed E-state index contributed by atoms with van der Waals surface area (Å²) >= 11 is 1.57. The van der Waals surface area contributed by atoms with Crippen LogP contribution in [0.1, 0.15) is 43.4 Å². The normalized spacial score (nSPS) is 13.9. The first-order valence-electron chi connectivity index (χ1n) is 6.55. The summed E-state index contributed by atoms with van der Waals surface area (Å²) in [7, 11) is 1.73. The molecule has 0 saturated carbocycles. The monoisotopic (exact) mass is 285 g/mol. The van der Waals surface area contributed by atoms with Gasteiger partial charge in [0.25, 0.3) is 0 Å². The highest BCUT2D eigenvalue weighted by atomic mass is 32.1. The lowest BCUT2D eigenvalue weighted by molar-refractivity contribution is 0.162. The lowest BCUT2D eigenvalue weighted by Gasteiger charge is -2.22. The minimum Gasteiger partial charge on any atom is -0.393 e. The molecule has 0 radical (unpaired) electrons. The molecule has 1 aromatic rings. The molecule has 0 aliphatic rings. The standard InChI is InChI=1S/C13H23N3O2S/c1-5-11(12-14-9(2)8-19-12)15-13(18)16(4)7-6-10(3)17/h8,10-11,17H,5-7H2,1-4H3,(H,15,18). The molecule has 5 nitrogen and oxygen atoms in total. The van der Waals surface area contributed by atoms with E-state index in [-0.39, 0.29) is 18.2 Å². The number of urea groups is 1. The fourth-order valence-electron chi connectivity index (χ4n) is 1.61. The average molecular weight is 285 g/mol. The second-order valence-corrected chi connectivity index (χ2v) is 5.69. The van der Waals surface area contributed by atoms with E-state index < -0.39 is 0 Å². The Morgan fingerprint density at radius 1 is 1.63 bits per heavy atom. The highest BCUT2D eigenvalue weighted by molar-refractivity contribution is 7.09. The Morgan fingerprint density at radius 3 is 2.79 bits per heavy atom. The number of carbonyl (C=O) groups is 1. The van der Waals surface area contributed by atoms with Crippen LogP contribution >= 0.6 is 11.3 Å². The molecule has 1 aromatic heterocycles. The average Bonchev–Trinajstić information content (AvgIpc) is 2.79. The van der Waals surface area contributed by atoms with Crippen molar-refractivity contribution in [3.8, 4) is 0 Å². The second-order valence-electron chi connectivity index (χ2n) is 4.80. The lowest BCUT2D eigenvalue weighted by atomic mass is 10.2. The molecule has 0 spiro atoms. The molecule has 2 atom stereocenters. The van der Waals surface area contributed by atoms with Crippen LogP contribution < -0.4 is 5.32 Å². The van der Waals surface area contributed by atoms with Gasteiger partial charge in [0, 0.05) is 24.7 Å². The number of aliphatic hydroxyl groups excluding tert-OH is 1. The predicted molar refractivity (Wildman–Crippen MR) is 77.3 cm³/mol. The number of rotatable bonds is 6. The van der Waals surface area contributed by atoms with Crippen LogP contribution in [0.5, 0.6) is 0 Å². The molecule has 2 N–H and O–H groups in total. The second kappa shape index (κ2) is 7.45. The van der Waals surface area contributed by atoms with E-state index in [1.165, 1.54) is 0 Å². The molecule has 19 heavy (non-hydrogen) atoms. The quantitative estimate of drug-likeness (QED) is 0.843.